The van der Waals surface area contributed by atoms with Crippen molar-refractivity contribution in [1.82, 2.24) is 0 Å². The van der Waals surface area contributed by atoms with Crippen LogP contribution in [0.1, 0.15) is 74.1 Å². The molecule has 0 radical (unpaired) electrons. The second-order valence-corrected chi connectivity index (χ2v) is 9.55. The number of hydrogen-bond donors (Lipinski definition) is 0. The number of allylic oxidation sites excluding steroid dienone is 4. The van der Waals surface area contributed by atoms with Gasteiger partial charge in [0.1, 0.15) is 11.9 Å². The van der Waals surface area contributed by atoms with Crippen LogP contribution in [0, 0.1) is 22.7 Å². The summed E-state index contributed by atoms with van der Waals surface area (Å²) >= 11 is 0. The molecule has 2 aliphatic rings. The molecule has 2 aliphatic carbocycles. The highest BCUT2D eigenvalue weighted by Crippen LogP contribution is 2.56. The fourth-order valence-corrected chi connectivity index (χ4v) is 4.76. The third-order valence-electron chi connectivity index (χ3n) is 6.14. The quantitative estimate of drug-likeness (QED) is 0.393. The minimum absolute atomic E-state index is 0.0269. The molecule has 4 nitrogen and oxygen atoms in total. The van der Waals surface area contributed by atoms with E-state index in [1.54, 1.807) is 0 Å². The zero-order valence-electron chi connectivity index (χ0n) is 17.8. The van der Waals surface area contributed by atoms with Crippen LogP contribution in [0.2, 0.25) is 0 Å². The molecule has 0 heterocycles. The van der Waals surface area contributed by atoms with Crippen LogP contribution >= 0.6 is 0 Å². The maximum absolute atomic E-state index is 13.6. The Kier molecular flexibility index (Phi) is 6.18. The third kappa shape index (κ3) is 4.25. The Bertz CT molecular complexity index is 689. The lowest BCUT2D eigenvalue weighted by molar-refractivity contribution is -0.182. The summed E-state index contributed by atoms with van der Waals surface area (Å²) in [5.41, 5.74) is 0.817. The van der Waals surface area contributed by atoms with Crippen LogP contribution in [0.15, 0.2) is 23.3 Å². The lowest BCUT2D eigenvalue weighted by Crippen LogP contribution is -2.63. The molecule has 150 valence electrons. The van der Waals surface area contributed by atoms with E-state index in [0.29, 0.717) is 25.7 Å². The summed E-state index contributed by atoms with van der Waals surface area (Å²) in [6, 6.07) is 0. The Morgan fingerprint density at radius 3 is 2.19 bits per heavy atom. The Morgan fingerprint density at radius 2 is 1.67 bits per heavy atom. The highest BCUT2D eigenvalue weighted by atomic mass is 16.5. The summed E-state index contributed by atoms with van der Waals surface area (Å²) in [4.78, 5) is 38.6. The van der Waals surface area contributed by atoms with Crippen LogP contribution in [0.3, 0.4) is 0 Å². The van der Waals surface area contributed by atoms with Gasteiger partial charge < -0.3 is 4.74 Å². The van der Waals surface area contributed by atoms with Crippen molar-refractivity contribution in [3.05, 3.63) is 23.3 Å². The topological polar surface area (TPSA) is 60.4 Å². The molecule has 2 fully saturated rings. The number of fused-ring (bicyclic) bond motifs is 2. The molecular weight excluding hydrogens is 340 g/mol. The zero-order valence-corrected chi connectivity index (χ0v) is 17.8. The van der Waals surface area contributed by atoms with Gasteiger partial charge in [0.15, 0.2) is 5.78 Å². The monoisotopic (exact) mass is 374 g/mol. The van der Waals surface area contributed by atoms with Crippen molar-refractivity contribution in [2.45, 2.75) is 80.3 Å². The van der Waals surface area contributed by atoms with Gasteiger partial charge in [0, 0.05) is 19.3 Å². The first-order valence-electron chi connectivity index (χ1n) is 9.92. The van der Waals surface area contributed by atoms with Gasteiger partial charge in [-0.25, -0.2) is 0 Å². The largest absolute Gasteiger partial charge is 0.461 e. The number of esters is 1. The third-order valence-corrected chi connectivity index (χ3v) is 6.14. The number of Topliss-reactive ketones (excluding diaryl/α,β-unsaturated/α-hetero) is 2. The smallest absolute Gasteiger partial charge is 0.302 e. The van der Waals surface area contributed by atoms with Crippen molar-refractivity contribution < 1.29 is 19.1 Å². The van der Waals surface area contributed by atoms with Gasteiger partial charge in [-0.3, -0.25) is 14.4 Å². The molecule has 0 aliphatic heterocycles. The fraction of sp³-hybridized carbons (Fsp3) is 0.696. The average molecular weight is 375 g/mol. The number of ether oxygens (including phenoxy) is 1. The van der Waals surface area contributed by atoms with Gasteiger partial charge in [0.2, 0.25) is 0 Å². The molecule has 27 heavy (non-hydrogen) atoms. The van der Waals surface area contributed by atoms with Crippen LogP contribution in [-0.2, 0) is 19.1 Å². The van der Waals surface area contributed by atoms with Gasteiger partial charge in [0.25, 0.3) is 0 Å². The van der Waals surface area contributed by atoms with Crippen molar-refractivity contribution in [2.24, 2.45) is 22.7 Å². The van der Waals surface area contributed by atoms with Crippen LogP contribution in [0.5, 0.6) is 0 Å². The summed E-state index contributed by atoms with van der Waals surface area (Å²) < 4.78 is 5.72. The molecule has 2 saturated carbocycles. The summed E-state index contributed by atoms with van der Waals surface area (Å²) in [6.45, 7) is 13.3. The van der Waals surface area contributed by atoms with Crippen LogP contribution < -0.4 is 0 Å². The van der Waals surface area contributed by atoms with Crippen LogP contribution in [0.25, 0.3) is 0 Å². The Morgan fingerprint density at radius 1 is 1.07 bits per heavy atom. The molecule has 0 aromatic carbocycles. The second kappa shape index (κ2) is 7.73. The molecule has 2 bridgehead atoms. The first-order valence-corrected chi connectivity index (χ1v) is 9.92. The van der Waals surface area contributed by atoms with Crippen molar-refractivity contribution in [1.29, 1.82) is 0 Å². The van der Waals surface area contributed by atoms with E-state index in [1.807, 2.05) is 47.6 Å². The van der Waals surface area contributed by atoms with E-state index in [1.165, 1.54) is 12.5 Å². The fourth-order valence-electron chi connectivity index (χ4n) is 4.76. The maximum atomic E-state index is 13.6. The minimum Gasteiger partial charge on any atom is -0.461 e. The molecule has 0 spiro atoms. The van der Waals surface area contributed by atoms with E-state index in [-0.39, 0.29) is 23.5 Å². The van der Waals surface area contributed by atoms with Crippen LogP contribution in [-0.4, -0.2) is 23.6 Å². The Labute approximate surface area is 163 Å². The summed E-state index contributed by atoms with van der Waals surface area (Å²) in [5.74, 6) is -0.801. The Balaban J connectivity index is 2.56. The number of ketones is 2. The van der Waals surface area contributed by atoms with E-state index in [0.717, 1.165) is 5.57 Å². The number of hydrogen-bond acceptors (Lipinski definition) is 4. The minimum atomic E-state index is -0.964. The molecule has 2 rings (SSSR count). The normalized spacial score (nSPS) is 31.9. The first kappa shape index (κ1) is 21.6. The molecule has 0 aromatic rings. The molecule has 0 saturated heterocycles. The van der Waals surface area contributed by atoms with Gasteiger partial charge in [0.05, 0.1) is 11.3 Å². The van der Waals surface area contributed by atoms with Crippen molar-refractivity contribution >= 4 is 17.5 Å². The van der Waals surface area contributed by atoms with E-state index in [9.17, 15) is 14.4 Å². The average Bonchev–Trinajstić information content (AvgIpc) is 2.50. The van der Waals surface area contributed by atoms with Crippen molar-refractivity contribution in [2.75, 3.05) is 0 Å². The Hall–Kier alpha value is -1.71. The van der Waals surface area contributed by atoms with Gasteiger partial charge in [-0.1, -0.05) is 37.1 Å². The molecule has 0 unspecified atom stereocenters. The van der Waals surface area contributed by atoms with Crippen molar-refractivity contribution in [3.8, 4) is 0 Å². The predicted octanol–water partition coefficient (Wildman–Crippen LogP) is 4.82. The zero-order chi connectivity index (χ0) is 20.6. The highest BCUT2D eigenvalue weighted by molar-refractivity contribution is 6.11. The van der Waals surface area contributed by atoms with E-state index in [2.05, 4.69) is 6.08 Å². The SMILES string of the molecule is CC(=O)O[C@@H]1[C@@H](CC=C(C)C)C[C@@]2(CC=C(C)C)C(=O)CC(C)(C)[C@@H]1C2=O. The predicted molar refractivity (Wildman–Crippen MR) is 106 cm³/mol. The summed E-state index contributed by atoms with van der Waals surface area (Å²) in [5, 5.41) is 0. The number of carbonyl (C=O) groups is 3. The number of carbonyl (C=O) groups excluding carboxylic acids is 3. The van der Waals surface area contributed by atoms with Gasteiger partial charge in [-0.05, 0) is 52.4 Å². The molecule has 0 amide bonds. The van der Waals surface area contributed by atoms with Gasteiger partial charge in [-0.15, -0.1) is 0 Å². The molecule has 0 N–H and O–H groups in total. The maximum Gasteiger partial charge on any atom is 0.302 e. The molecule has 4 heteroatoms. The standard InChI is InChI=1S/C23H34O4/c1-14(2)8-9-17-12-23(11-10-15(3)4)18(25)13-22(6,7)19(21(23)26)20(17)27-16(5)24/h8,10,17,19-20H,9,11-13H2,1-7H3/t17-,19-,20+,23-/m0/s1. The molecule has 0 aromatic heterocycles. The van der Waals surface area contributed by atoms with Gasteiger partial charge in [-0.2, -0.15) is 0 Å². The highest BCUT2D eigenvalue weighted by Gasteiger charge is 2.64. The van der Waals surface area contributed by atoms with Crippen molar-refractivity contribution in [3.63, 3.8) is 0 Å². The summed E-state index contributed by atoms with van der Waals surface area (Å²) in [7, 11) is 0. The van der Waals surface area contributed by atoms with E-state index >= 15 is 0 Å². The second-order valence-electron chi connectivity index (χ2n) is 9.55. The first-order chi connectivity index (χ1) is 12.4. The molecule has 4 atom stereocenters. The van der Waals surface area contributed by atoms with E-state index in [4.69, 9.17) is 4.74 Å². The lowest BCUT2D eigenvalue weighted by atomic mass is 9.48. The van der Waals surface area contributed by atoms with E-state index < -0.39 is 22.9 Å². The van der Waals surface area contributed by atoms with Gasteiger partial charge >= 0.3 is 5.97 Å². The number of rotatable bonds is 5. The lowest BCUT2D eigenvalue weighted by Gasteiger charge is -2.54. The van der Waals surface area contributed by atoms with Crippen LogP contribution in [0.4, 0.5) is 0 Å². The summed E-state index contributed by atoms with van der Waals surface area (Å²) in [6.07, 6.45) is 5.65. The molecular formula is C23H34O4.